The average Bonchev–Trinajstić information content (AvgIpc) is 2.55. The summed E-state index contributed by atoms with van der Waals surface area (Å²) >= 11 is 0. The molecule has 7 nitrogen and oxygen atoms in total. The number of hydrogen-bond acceptors (Lipinski definition) is 7. The van der Waals surface area contributed by atoms with Gasteiger partial charge in [-0.05, 0) is 12.1 Å². The van der Waals surface area contributed by atoms with E-state index in [1.807, 2.05) is 13.8 Å². The van der Waals surface area contributed by atoms with Gasteiger partial charge in [0.25, 0.3) is 9.05 Å². The molecule has 2 aromatic rings. The van der Waals surface area contributed by atoms with Crippen LogP contribution < -0.4 is 0 Å². The number of hydrogen-bond donors (Lipinski definition) is 0. The Balaban J connectivity index is 0.00000116. The lowest BCUT2D eigenvalue weighted by Gasteiger charge is -2.03. The minimum atomic E-state index is -3.88. The Kier molecular flexibility index (Phi) is 6.39. The molecule has 22 heavy (non-hydrogen) atoms. The molecule has 2 rings (SSSR count). The number of pyridine rings is 1. The van der Waals surface area contributed by atoms with Crippen LogP contribution in [0.15, 0.2) is 35.7 Å². The van der Waals surface area contributed by atoms with Crippen molar-refractivity contribution < 1.29 is 17.9 Å². The van der Waals surface area contributed by atoms with Gasteiger partial charge in [0, 0.05) is 22.4 Å². The Morgan fingerprint density at radius 3 is 2.36 bits per heavy atom. The van der Waals surface area contributed by atoms with Gasteiger partial charge in [0.15, 0.2) is 10.7 Å². The first-order valence-corrected chi connectivity index (χ1v) is 8.54. The number of halogens is 1. The summed E-state index contributed by atoms with van der Waals surface area (Å²) in [6, 6.07) is 2.71. The molecule has 0 N–H and O–H groups in total. The number of aromatic nitrogens is 3. The van der Waals surface area contributed by atoms with Gasteiger partial charge in [-0.2, -0.15) is 0 Å². The number of rotatable bonds is 3. The maximum absolute atomic E-state index is 11.3. The Morgan fingerprint density at radius 1 is 1.18 bits per heavy atom. The highest BCUT2D eigenvalue weighted by molar-refractivity contribution is 8.13. The predicted molar refractivity (Wildman–Crippen MR) is 81.0 cm³/mol. The summed E-state index contributed by atoms with van der Waals surface area (Å²) in [5, 5.41) is -0.264. The zero-order valence-electron chi connectivity index (χ0n) is 12.1. The van der Waals surface area contributed by atoms with Crippen molar-refractivity contribution in [1.29, 1.82) is 0 Å². The monoisotopic (exact) mass is 343 g/mol. The van der Waals surface area contributed by atoms with Gasteiger partial charge in [-0.15, -0.1) is 0 Å². The van der Waals surface area contributed by atoms with Gasteiger partial charge < -0.3 is 4.74 Å². The van der Waals surface area contributed by atoms with Crippen molar-refractivity contribution in [1.82, 2.24) is 15.0 Å². The summed E-state index contributed by atoms with van der Waals surface area (Å²) in [5.74, 6) is -0.618. The highest BCUT2D eigenvalue weighted by Crippen LogP contribution is 2.18. The molecule has 0 aliphatic carbocycles. The normalized spacial score (nSPS) is 10.4. The van der Waals surface area contributed by atoms with E-state index in [2.05, 4.69) is 19.7 Å². The van der Waals surface area contributed by atoms with Crippen molar-refractivity contribution in [2.75, 3.05) is 7.11 Å². The molecule has 0 spiro atoms. The molecule has 0 radical (unpaired) electrons. The quantitative estimate of drug-likeness (QED) is 0.622. The summed E-state index contributed by atoms with van der Waals surface area (Å²) in [4.78, 5) is 23.0. The molecule has 0 aromatic carbocycles. The molecule has 0 saturated heterocycles. The first kappa shape index (κ1) is 18.0. The van der Waals surface area contributed by atoms with E-state index in [0.717, 1.165) is 0 Å². The molecule has 0 bridgehead atoms. The third-order valence-electron chi connectivity index (χ3n) is 2.31. The molecule has 118 valence electrons. The van der Waals surface area contributed by atoms with E-state index in [0.29, 0.717) is 11.3 Å². The second-order valence-corrected chi connectivity index (χ2v) is 6.12. The van der Waals surface area contributed by atoms with Crippen LogP contribution in [-0.4, -0.2) is 36.4 Å². The molecule has 0 aliphatic rings. The lowest BCUT2D eigenvalue weighted by molar-refractivity contribution is 0.0593. The Labute approximate surface area is 132 Å². The van der Waals surface area contributed by atoms with E-state index >= 15 is 0 Å². The van der Waals surface area contributed by atoms with Crippen LogP contribution in [0.3, 0.4) is 0 Å². The first-order chi connectivity index (χ1) is 10.4. The molecule has 2 heterocycles. The highest BCUT2D eigenvalue weighted by Gasteiger charge is 2.13. The van der Waals surface area contributed by atoms with Crippen molar-refractivity contribution in [3.63, 3.8) is 0 Å². The minimum Gasteiger partial charge on any atom is -0.464 e. The van der Waals surface area contributed by atoms with Gasteiger partial charge in [-0.3, -0.25) is 4.98 Å². The molecular weight excluding hydrogens is 330 g/mol. The van der Waals surface area contributed by atoms with Gasteiger partial charge in [0.05, 0.1) is 25.2 Å². The van der Waals surface area contributed by atoms with E-state index < -0.39 is 15.0 Å². The summed E-state index contributed by atoms with van der Waals surface area (Å²) in [6.45, 7) is 4.00. The second-order valence-electron chi connectivity index (χ2n) is 3.60. The lowest BCUT2D eigenvalue weighted by Crippen LogP contribution is -2.05. The van der Waals surface area contributed by atoms with Crippen molar-refractivity contribution in [2.24, 2.45) is 0 Å². The zero-order chi connectivity index (χ0) is 16.8. The van der Waals surface area contributed by atoms with E-state index in [9.17, 15) is 13.2 Å². The van der Waals surface area contributed by atoms with Gasteiger partial charge >= 0.3 is 5.97 Å². The van der Waals surface area contributed by atoms with Crippen LogP contribution in [0.5, 0.6) is 0 Å². The van der Waals surface area contributed by atoms with E-state index in [1.54, 1.807) is 0 Å². The van der Waals surface area contributed by atoms with Crippen LogP contribution in [0.1, 0.15) is 24.3 Å². The molecule has 0 fully saturated rings. The number of carbonyl (C=O) groups excluding carboxylic acids is 1. The van der Waals surface area contributed by atoms with Gasteiger partial charge in [0.1, 0.15) is 0 Å². The molecular formula is C13H14ClN3O4S. The van der Waals surface area contributed by atoms with Gasteiger partial charge in [-0.1, -0.05) is 13.8 Å². The fourth-order valence-electron chi connectivity index (χ4n) is 1.38. The van der Waals surface area contributed by atoms with Crippen molar-refractivity contribution in [3.05, 3.63) is 36.4 Å². The predicted octanol–water partition coefficient (Wildman–Crippen LogP) is 2.28. The maximum Gasteiger partial charge on any atom is 0.358 e. The molecule has 0 amide bonds. The molecule has 0 saturated carbocycles. The second kappa shape index (κ2) is 7.81. The number of carbonyl (C=O) groups is 1. The van der Waals surface area contributed by atoms with Crippen LogP contribution in [0.25, 0.3) is 11.3 Å². The SMILES string of the molecule is CC.COC(=O)c1cncc(-c2ccc(S(=O)(=O)Cl)nc2)n1. The van der Waals surface area contributed by atoms with Crippen LogP contribution in [-0.2, 0) is 13.8 Å². The van der Waals surface area contributed by atoms with E-state index in [-0.39, 0.29) is 10.7 Å². The fourth-order valence-corrected chi connectivity index (χ4v) is 2.07. The number of methoxy groups -OCH3 is 1. The summed E-state index contributed by atoms with van der Waals surface area (Å²) < 4.78 is 26.7. The van der Waals surface area contributed by atoms with E-state index in [1.165, 1.54) is 37.8 Å². The number of nitrogens with zero attached hydrogens (tertiary/aromatic N) is 3. The smallest absolute Gasteiger partial charge is 0.358 e. The van der Waals surface area contributed by atoms with Crippen molar-refractivity contribution in [2.45, 2.75) is 18.9 Å². The summed E-state index contributed by atoms with van der Waals surface area (Å²) in [6.07, 6.45) is 3.96. The molecule has 0 atom stereocenters. The third kappa shape index (κ3) is 4.47. The highest BCUT2D eigenvalue weighted by atomic mass is 35.7. The largest absolute Gasteiger partial charge is 0.464 e. The summed E-state index contributed by atoms with van der Waals surface area (Å²) in [5.41, 5.74) is 0.894. The topological polar surface area (TPSA) is 99.1 Å². The van der Waals surface area contributed by atoms with Crippen LogP contribution >= 0.6 is 10.7 Å². The fraction of sp³-hybridized carbons (Fsp3) is 0.231. The molecule has 9 heteroatoms. The van der Waals surface area contributed by atoms with Crippen LogP contribution in [0.4, 0.5) is 0 Å². The minimum absolute atomic E-state index is 0.0408. The van der Waals surface area contributed by atoms with Crippen molar-refractivity contribution in [3.8, 4) is 11.3 Å². The number of ether oxygens (including phenoxy) is 1. The first-order valence-electron chi connectivity index (χ1n) is 6.23. The van der Waals surface area contributed by atoms with E-state index in [4.69, 9.17) is 10.7 Å². The zero-order valence-corrected chi connectivity index (χ0v) is 13.7. The molecule has 2 aromatic heterocycles. The Bertz CT molecular complexity index is 748. The molecule has 0 aliphatic heterocycles. The number of esters is 1. The van der Waals surface area contributed by atoms with Crippen LogP contribution in [0, 0.1) is 0 Å². The van der Waals surface area contributed by atoms with Gasteiger partial charge in [0.2, 0.25) is 0 Å². The maximum atomic E-state index is 11.3. The van der Waals surface area contributed by atoms with Crippen molar-refractivity contribution >= 4 is 25.7 Å². The third-order valence-corrected chi connectivity index (χ3v) is 3.53. The standard InChI is InChI=1S/C11H8ClN3O4S.C2H6/c1-19-11(16)9-6-13-5-8(15-9)7-2-3-10(14-4-7)20(12,17)18;1-2/h2-6H,1H3;1-2H3. The average molecular weight is 344 g/mol. The van der Waals surface area contributed by atoms with Gasteiger partial charge in [-0.25, -0.2) is 23.2 Å². The molecule has 0 unspecified atom stereocenters. The lowest BCUT2D eigenvalue weighted by atomic mass is 10.2. The summed E-state index contributed by atoms with van der Waals surface area (Å²) in [7, 11) is 2.52. The Hall–Kier alpha value is -2.06. The Morgan fingerprint density at radius 2 is 1.86 bits per heavy atom. The van der Waals surface area contributed by atoms with Crippen LogP contribution in [0.2, 0.25) is 0 Å².